The maximum Gasteiger partial charge on any atom is 0.285 e. The number of aromatic nitrogens is 1. The van der Waals surface area contributed by atoms with Gasteiger partial charge in [0.25, 0.3) is 11.2 Å². The summed E-state index contributed by atoms with van der Waals surface area (Å²) in [6.07, 6.45) is 1.05. The fourth-order valence-corrected chi connectivity index (χ4v) is 2.37. The molecule has 1 aromatic carbocycles. The Bertz CT molecular complexity index is 866. The molecular formula is C19H23N3O5. The van der Waals surface area contributed by atoms with Crippen LogP contribution in [-0.4, -0.2) is 28.5 Å². The highest BCUT2D eigenvalue weighted by molar-refractivity contribution is 5.75. The molecule has 0 radical (unpaired) electrons. The van der Waals surface area contributed by atoms with Crippen molar-refractivity contribution in [3.05, 3.63) is 68.6 Å². The summed E-state index contributed by atoms with van der Waals surface area (Å²) < 4.78 is 6.58. The van der Waals surface area contributed by atoms with Crippen LogP contribution in [0.25, 0.3) is 0 Å². The van der Waals surface area contributed by atoms with Gasteiger partial charge in [-0.2, -0.15) is 0 Å². The lowest BCUT2D eigenvalue weighted by molar-refractivity contribution is -0.385. The summed E-state index contributed by atoms with van der Waals surface area (Å²) in [4.78, 5) is 33.7. The Morgan fingerprint density at radius 2 is 1.85 bits per heavy atom. The van der Waals surface area contributed by atoms with E-state index in [0.29, 0.717) is 5.75 Å². The van der Waals surface area contributed by atoms with Crippen molar-refractivity contribution in [2.24, 2.45) is 0 Å². The molecule has 8 nitrogen and oxygen atoms in total. The molecule has 27 heavy (non-hydrogen) atoms. The first kappa shape index (κ1) is 20.2. The molecule has 144 valence electrons. The monoisotopic (exact) mass is 373 g/mol. The van der Waals surface area contributed by atoms with Gasteiger partial charge in [0, 0.05) is 12.1 Å². The zero-order chi connectivity index (χ0) is 20.0. The number of carbonyl (C=O) groups excluding carboxylic acids is 1. The summed E-state index contributed by atoms with van der Waals surface area (Å²) in [5.41, 5.74) is 0.540. The highest BCUT2D eigenvalue weighted by Crippen LogP contribution is 2.24. The molecule has 1 amide bonds. The number of carbonyl (C=O) groups is 1. The van der Waals surface area contributed by atoms with E-state index in [1.165, 1.54) is 5.56 Å². The number of rotatable bonds is 7. The zero-order valence-electron chi connectivity index (χ0n) is 15.6. The standard InChI is InChI=1S/C19H23N3O5/c1-19(2,3)14-4-7-16(8-5-14)27-11-10-20-17(23)13-21-12-15(22(25)26)6-9-18(21)24/h4-9,12H,10-11,13H2,1-3H3,(H,20,23). The third-order valence-corrected chi connectivity index (χ3v) is 3.91. The lowest BCUT2D eigenvalue weighted by Gasteiger charge is -2.19. The van der Waals surface area contributed by atoms with Crippen LogP contribution in [0.3, 0.4) is 0 Å². The SMILES string of the molecule is CC(C)(C)c1ccc(OCCNC(=O)Cn2cc([N+](=O)[O-])ccc2=O)cc1. The van der Waals surface area contributed by atoms with Gasteiger partial charge in [-0.25, -0.2) is 0 Å². The number of hydrogen-bond donors (Lipinski definition) is 1. The van der Waals surface area contributed by atoms with Crippen molar-refractivity contribution in [3.63, 3.8) is 0 Å². The number of nitro groups is 1. The topological polar surface area (TPSA) is 103 Å². The first-order valence-electron chi connectivity index (χ1n) is 8.52. The lowest BCUT2D eigenvalue weighted by Crippen LogP contribution is -2.34. The molecule has 1 aromatic heterocycles. The van der Waals surface area contributed by atoms with E-state index in [2.05, 4.69) is 26.1 Å². The van der Waals surface area contributed by atoms with Gasteiger partial charge in [0.05, 0.1) is 17.7 Å². The van der Waals surface area contributed by atoms with Crippen LogP contribution in [0.15, 0.2) is 47.4 Å². The second kappa shape index (κ2) is 8.48. The number of hydrogen-bond acceptors (Lipinski definition) is 5. The molecule has 0 aliphatic heterocycles. The van der Waals surface area contributed by atoms with Gasteiger partial charge in [0.2, 0.25) is 5.91 Å². The van der Waals surface area contributed by atoms with E-state index in [4.69, 9.17) is 4.74 Å². The second-order valence-electron chi connectivity index (χ2n) is 7.08. The molecule has 2 aromatic rings. The van der Waals surface area contributed by atoms with E-state index in [1.807, 2.05) is 24.3 Å². The van der Waals surface area contributed by atoms with Crippen molar-refractivity contribution in [1.29, 1.82) is 0 Å². The molecule has 0 fully saturated rings. The number of ether oxygens (including phenoxy) is 1. The predicted octanol–water partition coefficient (Wildman–Crippen LogP) is 2.25. The fourth-order valence-electron chi connectivity index (χ4n) is 2.37. The third kappa shape index (κ3) is 5.95. The molecule has 1 heterocycles. The summed E-state index contributed by atoms with van der Waals surface area (Å²) >= 11 is 0. The first-order valence-corrected chi connectivity index (χ1v) is 8.52. The largest absolute Gasteiger partial charge is 0.492 e. The molecule has 1 N–H and O–H groups in total. The van der Waals surface area contributed by atoms with E-state index in [1.54, 1.807) is 0 Å². The summed E-state index contributed by atoms with van der Waals surface area (Å²) in [6.45, 7) is 6.62. The summed E-state index contributed by atoms with van der Waals surface area (Å²) in [7, 11) is 0. The van der Waals surface area contributed by atoms with Crippen LogP contribution in [0.2, 0.25) is 0 Å². The maximum absolute atomic E-state index is 11.9. The average molecular weight is 373 g/mol. The van der Waals surface area contributed by atoms with Crippen LogP contribution < -0.4 is 15.6 Å². The quantitative estimate of drug-likeness (QED) is 0.455. The normalized spacial score (nSPS) is 11.1. The van der Waals surface area contributed by atoms with Gasteiger partial charge in [-0.05, 0) is 23.1 Å². The predicted molar refractivity (Wildman–Crippen MR) is 101 cm³/mol. The van der Waals surface area contributed by atoms with Crippen LogP contribution in [0, 0.1) is 10.1 Å². The number of benzene rings is 1. The van der Waals surface area contributed by atoms with Gasteiger partial charge in [-0.15, -0.1) is 0 Å². The van der Waals surface area contributed by atoms with Gasteiger partial charge < -0.3 is 10.1 Å². The van der Waals surface area contributed by atoms with E-state index in [9.17, 15) is 19.7 Å². The Hall–Kier alpha value is -3.16. The van der Waals surface area contributed by atoms with E-state index in [-0.39, 0.29) is 30.8 Å². The zero-order valence-corrected chi connectivity index (χ0v) is 15.6. The fraction of sp³-hybridized carbons (Fsp3) is 0.368. The third-order valence-electron chi connectivity index (χ3n) is 3.91. The van der Waals surface area contributed by atoms with Crippen molar-refractivity contribution in [3.8, 4) is 5.75 Å². The van der Waals surface area contributed by atoms with Crippen molar-refractivity contribution in [1.82, 2.24) is 9.88 Å². The van der Waals surface area contributed by atoms with Crippen molar-refractivity contribution in [2.75, 3.05) is 13.2 Å². The number of nitrogens with one attached hydrogen (secondary N) is 1. The minimum Gasteiger partial charge on any atom is -0.492 e. The van der Waals surface area contributed by atoms with Crippen LogP contribution in [0.5, 0.6) is 5.75 Å². The van der Waals surface area contributed by atoms with Gasteiger partial charge in [0.15, 0.2) is 0 Å². The second-order valence-corrected chi connectivity index (χ2v) is 7.08. The van der Waals surface area contributed by atoms with E-state index in [0.717, 1.165) is 22.9 Å². The minimum absolute atomic E-state index is 0.0666. The Morgan fingerprint density at radius 3 is 2.44 bits per heavy atom. The van der Waals surface area contributed by atoms with Crippen molar-refractivity contribution < 1.29 is 14.5 Å². The number of amides is 1. The van der Waals surface area contributed by atoms with Gasteiger partial charge >= 0.3 is 0 Å². The van der Waals surface area contributed by atoms with Gasteiger partial charge in [0.1, 0.15) is 18.9 Å². The van der Waals surface area contributed by atoms with Crippen LogP contribution in [0.4, 0.5) is 5.69 Å². The lowest BCUT2D eigenvalue weighted by atomic mass is 9.87. The van der Waals surface area contributed by atoms with Crippen LogP contribution in [-0.2, 0) is 16.8 Å². The highest BCUT2D eigenvalue weighted by Gasteiger charge is 2.13. The maximum atomic E-state index is 11.9. The molecule has 0 atom stereocenters. The average Bonchev–Trinajstić information content (AvgIpc) is 2.60. The number of pyridine rings is 1. The summed E-state index contributed by atoms with van der Waals surface area (Å²) in [5, 5.41) is 13.4. The van der Waals surface area contributed by atoms with Crippen LogP contribution >= 0.6 is 0 Å². The summed E-state index contributed by atoms with van der Waals surface area (Å²) in [6, 6.07) is 9.94. The Balaban J connectivity index is 1.81. The summed E-state index contributed by atoms with van der Waals surface area (Å²) in [5.74, 6) is 0.274. The molecule has 2 rings (SSSR count). The van der Waals surface area contributed by atoms with Crippen LogP contribution in [0.1, 0.15) is 26.3 Å². The number of nitrogens with zero attached hydrogens (tertiary/aromatic N) is 2. The molecule has 8 heteroatoms. The van der Waals surface area contributed by atoms with Crippen molar-refractivity contribution >= 4 is 11.6 Å². The van der Waals surface area contributed by atoms with E-state index < -0.39 is 16.4 Å². The van der Waals surface area contributed by atoms with Gasteiger partial charge in [-0.3, -0.25) is 24.3 Å². The Kier molecular flexibility index (Phi) is 6.33. The molecule has 0 saturated carbocycles. The molecule has 0 unspecified atom stereocenters. The minimum atomic E-state index is -0.618. The molecule has 0 bridgehead atoms. The highest BCUT2D eigenvalue weighted by atomic mass is 16.6. The molecule has 0 aliphatic carbocycles. The smallest absolute Gasteiger partial charge is 0.285 e. The molecule has 0 spiro atoms. The van der Waals surface area contributed by atoms with Gasteiger partial charge in [-0.1, -0.05) is 32.9 Å². The van der Waals surface area contributed by atoms with E-state index >= 15 is 0 Å². The Morgan fingerprint density at radius 1 is 1.19 bits per heavy atom. The van der Waals surface area contributed by atoms with Crippen molar-refractivity contribution in [2.45, 2.75) is 32.7 Å². The Labute approximate surface area is 156 Å². The molecule has 0 aliphatic rings. The molecular weight excluding hydrogens is 350 g/mol. The first-order chi connectivity index (χ1) is 12.7. The molecule has 0 saturated heterocycles.